The molecule has 29 heavy (non-hydrogen) atoms. The largest absolute Gasteiger partial charge is 0.495 e. The molecule has 0 aliphatic carbocycles. The van der Waals surface area contributed by atoms with Gasteiger partial charge < -0.3 is 4.74 Å². The third kappa shape index (κ3) is 4.51. The van der Waals surface area contributed by atoms with Crippen molar-refractivity contribution in [1.82, 2.24) is 0 Å². The van der Waals surface area contributed by atoms with Gasteiger partial charge in [-0.15, -0.1) is 0 Å². The second kappa shape index (κ2) is 8.23. The van der Waals surface area contributed by atoms with E-state index >= 15 is 0 Å². The minimum atomic E-state index is -3.91. The van der Waals surface area contributed by atoms with Gasteiger partial charge in [0.15, 0.2) is 0 Å². The third-order valence-corrected chi connectivity index (χ3v) is 8.20. The first-order chi connectivity index (χ1) is 13.7. The summed E-state index contributed by atoms with van der Waals surface area (Å²) in [5, 5.41) is 0. The molecule has 1 heterocycles. The van der Waals surface area contributed by atoms with Crippen LogP contribution in [0.25, 0.3) is 0 Å². The number of ether oxygens (including phenoxy) is 1. The highest BCUT2D eigenvalue weighted by atomic mass is 32.2. The molecule has 1 aliphatic heterocycles. The normalized spacial score (nSPS) is 14.4. The average Bonchev–Trinajstić information content (AvgIpc) is 2.67. The van der Waals surface area contributed by atoms with E-state index in [2.05, 4.69) is 4.72 Å². The molecule has 0 bridgehead atoms. The molecule has 0 radical (unpaired) electrons. The van der Waals surface area contributed by atoms with Crippen LogP contribution < -0.4 is 13.8 Å². The van der Waals surface area contributed by atoms with Crippen molar-refractivity contribution in [2.45, 2.75) is 38.0 Å². The summed E-state index contributed by atoms with van der Waals surface area (Å²) in [7, 11) is -5.94. The molecule has 0 unspecified atom stereocenters. The topological polar surface area (TPSA) is 92.8 Å². The quantitative estimate of drug-likeness (QED) is 0.716. The summed E-state index contributed by atoms with van der Waals surface area (Å²) in [5.74, 6) is 0.302. The number of rotatable bonds is 7. The van der Waals surface area contributed by atoms with Crippen LogP contribution in [0.3, 0.4) is 0 Å². The summed E-state index contributed by atoms with van der Waals surface area (Å²) in [4.78, 5) is 0.0354. The van der Waals surface area contributed by atoms with Gasteiger partial charge in [0.2, 0.25) is 10.0 Å². The van der Waals surface area contributed by atoms with Gasteiger partial charge >= 0.3 is 0 Å². The average molecular weight is 439 g/mol. The van der Waals surface area contributed by atoms with Crippen LogP contribution in [0.5, 0.6) is 5.75 Å². The SMILES string of the molecule is CCCS(=O)(=O)N1CCCc2ccc(NS(=O)(=O)c3cc(C)ccc3OC)cc21. The fraction of sp³-hybridized carbons (Fsp3) is 0.400. The Hall–Kier alpha value is -2.26. The first-order valence-corrected chi connectivity index (χ1v) is 12.6. The number of nitrogens with zero attached hydrogens (tertiary/aromatic N) is 1. The number of benzene rings is 2. The zero-order valence-electron chi connectivity index (χ0n) is 16.8. The Labute approximate surface area is 172 Å². The van der Waals surface area contributed by atoms with Gasteiger partial charge in [-0.3, -0.25) is 9.03 Å². The van der Waals surface area contributed by atoms with E-state index in [4.69, 9.17) is 4.74 Å². The van der Waals surface area contributed by atoms with Crippen LogP contribution in [0, 0.1) is 6.92 Å². The lowest BCUT2D eigenvalue weighted by atomic mass is 10.0. The summed E-state index contributed by atoms with van der Waals surface area (Å²) in [6.45, 7) is 4.02. The fourth-order valence-electron chi connectivity index (χ4n) is 3.47. The number of anilines is 2. The number of hydrogen-bond acceptors (Lipinski definition) is 5. The molecule has 1 N–H and O–H groups in total. The van der Waals surface area contributed by atoms with Crippen molar-refractivity contribution in [2.75, 3.05) is 28.4 Å². The molecular formula is C20H26N2O5S2. The minimum absolute atomic E-state index is 0.0354. The molecule has 158 valence electrons. The molecule has 7 nitrogen and oxygen atoms in total. The standard InChI is InChI=1S/C20H26N2O5S2/c1-4-12-28(23,24)22-11-5-6-16-8-9-17(14-18(16)22)21-29(25,26)20-13-15(2)7-10-19(20)27-3/h7-10,13-14,21H,4-6,11-12H2,1-3H3. The Kier molecular flexibility index (Phi) is 6.09. The minimum Gasteiger partial charge on any atom is -0.495 e. The summed E-state index contributed by atoms with van der Waals surface area (Å²) in [6, 6.07) is 9.96. The molecule has 0 amide bonds. The smallest absolute Gasteiger partial charge is 0.265 e. The first kappa shape index (κ1) is 21.4. The van der Waals surface area contributed by atoms with Crippen LogP contribution in [0.2, 0.25) is 0 Å². The summed E-state index contributed by atoms with van der Waals surface area (Å²) >= 11 is 0. The molecule has 0 saturated carbocycles. The lowest BCUT2D eigenvalue weighted by Gasteiger charge is -2.31. The Balaban J connectivity index is 1.99. The summed E-state index contributed by atoms with van der Waals surface area (Å²) < 4.78 is 60.4. The molecule has 9 heteroatoms. The van der Waals surface area contributed by atoms with Crippen LogP contribution in [0.15, 0.2) is 41.3 Å². The van der Waals surface area contributed by atoms with E-state index in [1.807, 2.05) is 6.92 Å². The highest BCUT2D eigenvalue weighted by Crippen LogP contribution is 2.34. The van der Waals surface area contributed by atoms with Crippen LogP contribution in [-0.2, 0) is 26.5 Å². The molecule has 0 spiro atoms. The van der Waals surface area contributed by atoms with E-state index < -0.39 is 20.0 Å². The Bertz CT molecular complexity index is 1110. The molecule has 2 aromatic carbocycles. The van der Waals surface area contributed by atoms with Crippen LogP contribution in [-0.4, -0.2) is 36.2 Å². The molecule has 0 saturated heterocycles. The molecule has 2 aromatic rings. The maximum absolute atomic E-state index is 13.0. The zero-order chi connectivity index (χ0) is 21.2. The third-order valence-electron chi connectivity index (χ3n) is 4.82. The lowest BCUT2D eigenvalue weighted by Crippen LogP contribution is -2.37. The van der Waals surface area contributed by atoms with Gasteiger partial charge in [0.05, 0.1) is 24.2 Å². The molecule has 0 fully saturated rings. The second-order valence-corrected chi connectivity index (χ2v) is 10.8. The number of fused-ring (bicyclic) bond motifs is 1. The number of sulfonamides is 2. The van der Waals surface area contributed by atoms with Crippen LogP contribution >= 0.6 is 0 Å². The van der Waals surface area contributed by atoms with E-state index in [9.17, 15) is 16.8 Å². The van der Waals surface area contributed by atoms with E-state index in [1.54, 1.807) is 37.3 Å². The van der Waals surface area contributed by atoms with E-state index in [0.29, 0.717) is 24.3 Å². The first-order valence-electron chi connectivity index (χ1n) is 9.49. The number of methoxy groups -OCH3 is 1. The van der Waals surface area contributed by atoms with Crippen molar-refractivity contribution in [3.05, 3.63) is 47.5 Å². The summed E-state index contributed by atoms with van der Waals surface area (Å²) in [6.07, 6.45) is 2.02. The number of aryl methyl sites for hydroxylation is 2. The van der Waals surface area contributed by atoms with E-state index in [0.717, 1.165) is 24.0 Å². The predicted octanol–water partition coefficient (Wildman–Crippen LogP) is 3.30. The van der Waals surface area contributed by atoms with Gasteiger partial charge in [-0.25, -0.2) is 16.8 Å². The lowest BCUT2D eigenvalue weighted by molar-refractivity contribution is 0.402. The van der Waals surface area contributed by atoms with Gasteiger partial charge in [-0.05, 0) is 61.6 Å². The molecule has 1 aliphatic rings. The van der Waals surface area contributed by atoms with Gasteiger partial charge in [-0.2, -0.15) is 0 Å². The Morgan fingerprint density at radius 2 is 1.86 bits per heavy atom. The fourth-order valence-corrected chi connectivity index (χ4v) is 6.38. The number of hydrogen-bond donors (Lipinski definition) is 1. The van der Waals surface area contributed by atoms with E-state index in [-0.39, 0.29) is 16.4 Å². The Morgan fingerprint density at radius 1 is 1.10 bits per heavy atom. The number of nitrogens with one attached hydrogen (secondary N) is 1. The van der Waals surface area contributed by atoms with Crippen molar-refractivity contribution < 1.29 is 21.6 Å². The predicted molar refractivity (Wildman–Crippen MR) is 115 cm³/mol. The van der Waals surface area contributed by atoms with Crippen molar-refractivity contribution in [1.29, 1.82) is 0 Å². The van der Waals surface area contributed by atoms with Crippen molar-refractivity contribution in [3.63, 3.8) is 0 Å². The highest BCUT2D eigenvalue weighted by Gasteiger charge is 2.28. The van der Waals surface area contributed by atoms with Gasteiger partial charge in [0, 0.05) is 6.54 Å². The van der Waals surface area contributed by atoms with Gasteiger partial charge in [0.1, 0.15) is 10.6 Å². The van der Waals surface area contributed by atoms with Crippen molar-refractivity contribution in [2.24, 2.45) is 0 Å². The summed E-state index contributed by atoms with van der Waals surface area (Å²) in [5.41, 5.74) is 2.53. The zero-order valence-corrected chi connectivity index (χ0v) is 18.4. The molecular weight excluding hydrogens is 412 g/mol. The molecule has 0 aromatic heterocycles. The van der Waals surface area contributed by atoms with Crippen molar-refractivity contribution in [3.8, 4) is 5.75 Å². The van der Waals surface area contributed by atoms with Gasteiger partial charge in [0.25, 0.3) is 10.0 Å². The maximum atomic E-state index is 13.0. The highest BCUT2D eigenvalue weighted by molar-refractivity contribution is 7.93. The van der Waals surface area contributed by atoms with Gasteiger partial charge in [-0.1, -0.05) is 19.1 Å². The van der Waals surface area contributed by atoms with Crippen LogP contribution in [0.4, 0.5) is 11.4 Å². The van der Waals surface area contributed by atoms with E-state index in [1.165, 1.54) is 17.5 Å². The monoisotopic (exact) mass is 438 g/mol. The van der Waals surface area contributed by atoms with Crippen LogP contribution in [0.1, 0.15) is 30.9 Å². The molecule has 0 atom stereocenters. The maximum Gasteiger partial charge on any atom is 0.265 e. The molecule has 3 rings (SSSR count). The second-order valence-electron chi connectivity index (χ2n) is 7.10. The Morgan fingerprint density at radius 3 is 2.55 bits per heavy atom. The van der Waals surface area contributed by atoms with Crippen molar-refractivity contribution >= 4 is 31.4 Å².